The van der Waals surface area contributed by atoms with Crippen molar-refractivity contribution in [3.63, 3.8) is 0 Å². The summed E-state index contributed by atoms with van der Waals surface area (Å²) >= 11 is 0. The molecule has 0 atom stereocenters. The number of anilines is 1. The molecule has 1 aliphatic heterocycles. The number of hydrogen-bond acceptors (Lipinski definition) is 6. The van der Waals surface area contributed by atoms with Crippen molar-refractivity contribution in [2.45, 2.75) is 17.7 Å². The molecule has 1 heterocycles. The lowest BCUT2D eigenvalue weighted by molar-refractivity contribution is -0.119. The van der Waals surface area contributed by atoms with Gasteiger partial charge in [-0.05, 0) is 67.9 Å². The van der Waals surface area contributed by atoms with Gasteiger partial charge in [0.2, 0.25) is 15.9 Å². The van der Waals surface area contributed by atoms with Crippen molar-refractivity contribution in [2.75, 3.05) is 59.4 Å². The molecule has 0 radical (unpaired) electrons. The van der Waals surface area contributed by atoms with E-state index in [1.807, 2.05) is 36.2 Å². The summed E-state index contributed by atoms with van der Waals surface area (Å²) in [6, 6.07) is 12.4. The van der Waals surface area contributed by atoms with Gasteiger partial charge in [-0.2, -0.15) is 0 Å². The van der Waals surface area contributed by atoms with Gasteiger partial charge in [-0.3, -0.25) is 9.69 Å². The largest absolute Gasteiger partial charge is 0.497 e. The number of sulfonamides is 1. The summed E-state index contributed by atoms with van der Waals surface area (Å²) in [5.41, 5.74) is 1.68. The zero-order valence-corrected chi connectivity index (χ0v) is 19.9. The molecule has 0 spiro atoms. The molecule has 0 bridgehead atoms. The molecule has 9 heteroatoms. The van der Waals surface area contributed by atoms with Crippen LogP contribution in [0.4, 0.5) is 5.69 Å². The molecule has 1 amide bonds. The van der Waals surface area contributed by atoms with Gasteiger partial charge in [0.05, 0.1) is 18.6 Å². The maximum atomic E-state index is 13.0. The highest BCUT2D eigenvalue weighted by atomic mass is 32.2. The summed E-state index contributed by atoms with van der Waals surface area (Å²) in [6.07, 6.45) is 1.55. The number of methoxy groups -OCH3 is 1. The first kappa shape index (κ1) is 24.0. The molecular formula is C23H31N3O5S. The highest BCUT2D eigenvalue weighted by Crippen LogP contribution is 2.30. The number of hydrogen-bond donors (Lipinski definition) is 0. The molecule has 1 aliphatic rings. The number of nitrogens with zero attached hydrogens (tertiary/aromatic N) is 3. The van der Waals surface area contributed by atoms with Crippen molar-refractivity contribution < 1.29 is 22.7 Å². The van der Waals surface area contributed by atoms with Crippen LogP contribution in [0, 0.1) is 0 Å². The monoisotopic (exact) mass is 461 g/mol. The Hall–Kier alpha value is -2.62. The Balaban J connectivity index is 1.58. The minimum Gasteiger partial charge on any atom is -0.497 e. The van der Waals surface area contributed by atoms with E-state index in [9.17, 15) is 13.2 Å². The van der Waals surface area contributed by atoms with Crippen LogP contribution in [0.1, 0.15) is 12.0 Å². The smallest absolute Gasteiger partial charge is 0.242 e. The summed E-state index contributed by atoms with van der Waals surface area (Å²) in [5, 5.41) is 0. The van der Waals surface area contributed by atoms with E-state index in [4.69, 9.17) is 9.47 Å². The molecule has 8 nitrogen and oxygen atoms in total. The first-order valence-electron chi connectivity index (χ1n) is 10.5. The first-order chi connectivity index (χ1) is 15.2. The maximum Gasteiger partial charge on any atom is 0.242 e. The van der Waals surface area contributed by atoms with Crippen LogP contribution in [0.5, 0.6) is 11.5 Å². The Labute approximate surface area is 190 Å². The van der Waals surface area contributed by atoms with Gasteiger partial charge in [-0.15, -0.1) is 0 Å². The lowest BCUT2D eigenvalue weighted by Gasteiger charge is -2.31. The third-order valence-corrected chi connectivity index (χ3v) is 7.27. The lowest BCUT2D eigenvalue weighted by atomic mass is 10.0. The summed E-state index contributed by atoms with van der Waals surface area (Å²) < 4.78 is 36.9. The normalized spacial score (nSPS) is 13.9. The molecule has 2 aromatic rings. The van der Waals surface area contributed by atoms with Gasteiger partial charge in [-0.25, -0.2) is 12.7 Å². The van der Waals surface area contributed by atoms with Crippen LogP contribution in [0.15, 0.2) is 47.4 Å². The van der Waals surface area contributed by atoms with Crippen LogP contribution in [0.2, 0.25) is 0 Å². The quantitative estimate of drug-likeness (QED) is 0.570. The fourth-order valence-electron chi connectivity index (χ4n) is 3.59. The molecule has 0 fully saturated rings. The molecule has 0 unspecified atom stereocenters. The van der Waals surface area contributed by atoms with E-state index in [0.29, 0.717) is 19.7 Å². The van der Waals surface area contributed by atoms with Crippen molar-refractivity contribution in [1.82, 2.24) is 9.21 Å². The van der Waals surface area contributed by atoms with Gasteiger partial charge >= 0.3 is 0 Å². The van der Waals surface area contributed by atoms with Crippen LogP contribution in [0.3, 0.4) is 0 Å². The van der Waals surface area contributed by atoms with E-state index in [0.717, 1.165) is 35.6 Å². The standard InChI is InChI=1S/C23H31N3O5S/c1-24(2)32(28,29)21-11-12-22-18(16-21)6-5-13-26(22)23(27)17-25(3)14-15-31-20-9-7-19(30-4)8-10-20/h7-12,16H,5-6,13-15,17H2,1-4H3. The van der Waals surface area contributed by atoms with Gasteiger partial charge in [0, 0.05) is 32.9 Å². The summed E-state index contributed by atoms with van der Waals surface area (Å²) in [7, 11) is 3.02. The van der Waals surface area contributed by atoms with Crippen molar-refractivity contribution in [3.05, 3.63) is 48.0 Å². The summed E-state index contributed by atoms with van der Waals surface area (Å²) in [6.45, 7) is 1.93. The topological polar surface area (TPSA) is 79.4 Å². The Morgan fingerprint density at radius 3 is 2.41 bits per heavy atom. The average Bonchev–Trinajstić information content (AvgIpc) is 2.78. The molecule has 2 aromatic carbocycles. The zero-order valence-electron chi connectivity index (χ0n) is 19.1. The summed E-state index contributed by atoms with van der Waals surface area (Å²) in [5.74, 6) is 1.51. The highest BCUT2D eigenvalue weighted by Gasteiger charge is 2.26. The third-order valence-electron chi connectivity index (χ3n) is 5.46. The zero-order chi connectivity index (χ0) is 23.3. The van der Waals surface area contributed by atoms with E-state index in [-0.39, 0.29) is 17.3 Å². The molecule has 0 N–H and O–H groups in total. The fraction of sp³-hybridized carbons (Fsp3) is 0.435. The van der Waals surface area contributed by atoms with Crippen LogP contribution in [-0.2, 0) is 21.2 Å². The first-order valence-corrected chi connectivity index (χ1v) is 12.0. The Bertz CT molecular complexity index is 1040. The Kier molecular flexibility index (Phi) is 7.76. The fourth-order valence-corrected chi connectivity index (χ4v) is 4.54. The number of carbonyl (C=O) groups excluding carboxylic acids is 1. The van der Waals surface area contributed by atoms with Gasteiger partial charge in [-0.1, -0.05) is 0 Å². The molecule has 0 aromatic heterocycles. The second kappa shape index (κ2) is 10.3. The number of likely N-dealkylation sites (N-methyl/N-ethyl adjacent to an activating group) is 1. The van der Waals surface area contributed by atoms with E-state index in [1.54, 1.807) is 30.2 Å². The van der Waals surface area contributed by atoms with Crippen LogP contribution < -0.4 is 14.4 Å². The Morgan fingerprint density at radius 1 is 1.06 bits per heavy atom. The van der Waals surface area contributed by atoms with Crippen molar-refractivity contribution in [1.29, 1.82) is 0 Å². The average molecular weight is 462 g/mol. The second-order valence-corrected chi connectivity index (χ2v) is 10.1. The third kappa shape index (κ3) is 5.59. The minimum atomic E-state index is -3.50. The number of carbonyl (C=O) groups is 1. The minimum absolute atomic E-state index is 0.0129. The maximum absolute atomic E-state index is 13.0. The summed E-state index contributed by atoms with van der Waals surface area (Å²) in [4.78, 5) is 16.9. The predicted molar refractivity (Wildman–Crippen MR) is 124 cm³/mol. The van der Waals surface area contributed by atoms with Gasteiger partial charge in [0.25, 0.3) is 0 Å². The second-order valence-electron chi connectivity index (χ2n) is 7.99. The molecule has 3 rings (SSSR count). The number of ether oxygens (including phenoxy) is 2. The molecular weight excluding hydrogens is 430 g/mol. The van der Waals surface area contributed by atoms with Gasteiger partial charge in [0.15, 0.2) is 0 Å². The van der Waals surface area contributed by atoms with Crippen LogP contribution in [0.25, 0.3) is 0 Å². The molecule has 0 aliphatic carbocycles. The number of amides is 1. The highest BCUT2D eigenvalue weighted by molar-refractivity contribution is 7.89. The number of rotatable bonds is 9. The van der Waals surface area contributed by atoms with Crippen LogP contribution >= 0.6 is 0 Å². The molecule has 0 saturated carbocycles. The SMILES string of the molecule is COc1ccc(OCCN(C)CC(=O)N2CCCc3cc(S(=O)(=O)N(C)C)ccc32)cc1. The van der Waals surface area contributed by atoms with E-state index < -0.39 is 10.0 Å². The lowest BCUT2D eigenvalue weighted by Crippen LogP contribution is -2.42. The van der Waals surface area contributed by atoms with E-state index in [2.05, 4.69) is 0 Å². The van der Waals surface area contributed by atoms with Crippen molar-refractivity contribution in [3.8, 4) is 11.5 Å². The van der Waals surface area contributed by atoms with Gasteiger partial charge in [0.1, 0.15) is 18.1 Å². The predicted octanol–water partition coefficient (Wildman–Crippen LogP) is 2.24. The van der Waals surface area contributed by atoms with Crippen molar-refractivity contribution >= 4 is 21.6 Å². The molecule has 174 valence electrons. The molecule has 0 saturated heterocycles. The van der Waals surface area contributed by atoms with Crippen molar-refractivity contribution in [2.24, 2.45) is 0 Å². The van der Waals surface area contributed by atoms with E-state index >= 15 is 0 Å². The number of benzene rings is 2. The van der Waals surface area contributed by atoms with E-state index in [1.165, 1.54) is 18.4 Å². The van der Waals surface area contributed by atoms with Gasteiger partial charge < -0.3 is 14.4 Å². The number of fused-ring (bicyclic) bond motifs is 1. The Morgan fingerprint density at radius 2 is 1.75 bits per heavy atom. The van der Waals surface area contributed by atoms with Crippen LogP contribution in [-0.4, -0.2) is 78.0 Å². The number of aryl methyl sites for hydroxylation is 1. The molecule has 32 heavy (non-hydrogen) atoms.